The Bertz CT molecular complexity index is 440. The van der Waals surface area contributed by atoms with Crippen LogP contribution in [0.15, 0.2) is 0 Å². The highest BCUT2D eigenvalue weighted by atomic mass is 16.7. The van der Waals surface area contributed by atoms with Crippen LogP contribution >= 0.6 is 0 Å². The molecule has 0 N–H and O–H groups in total. The molecule has 7 nitrogen and oxygen atoms in total. The summed E-state index contributed by atoms with van der Waals surface area (Å²) in [6.07, 6.45) is 2.78. The molecular formula is C15H24N2O5. The minimum Gasteiger partial charge on any atom is -0.375 e. The topological polar surface area (TPSA) is 68.3 Å². The monoisotopic (exact) mass is 312 g/mol. The maximum absolute atomic E-state index is 12.4. The summed E-state index contributed by atoms with van der Waals surface area (Å²) in [6, 6.07) is 0. The molecule has 22 heavy (non-hydrogen) atoms. The van der Waals surface area contributed by atoms with Crippen LogP contribution in [-0.2, 0) is 23.8 Å². The first-order chi connectivity index (χ1) is 10.6. The lowest BCUT2D eigenvalue weighted by molar-refractivity contribution is -0.264. The predicted molar refractivity (Wildman–Crippen MR) is 77.0 cm³/mol. The van der Waals surface area contributed by atoms with Crippen LogP contribution in [0.2, 0.25) is 0 Å². The molecule has 3 rings (SSSR count). The Morgan fingerprint density at radius 1 is 1.14 bits per heavy atom. The van der Waals surface area contributed by atoms with Crippen LogP contribution in [-0.4, -0.2) is 80.5 Å². The van der Waals surface area contributed by atoms with Crippen molar-refractivity contribution in [3.63, 3.8) is 0 Å². The lowest BCUT2D eigenvalue weighted by Crippen LogP contribution is -2.60. The number of rotatable bonds is 3. The van der Waals surface area contributed by atoms with Gasteiger partial charge >= 0.3 is 0 Å². The second-order valence-corrected chi connectivity index (χ2v) is 6.24. The quantitative estimate of drug-likeness (QED) is 0.725. The molecule has 2 heterocycles. The van der Waals surface area contributed by atoms with Gasteiger partial charge in [-0.05, 0) is 19.3 Å². The van der Waals surface area contributed by atoms with E-state index in [1.807, 2.05) is 4.90 Å². The first-order valence-corrected chi connectivity index (χ1v) is 7.97. The van der Waals surface area contributed by atoms with Gasteiger partial charge < -0.3 is 24.0 Å². The molecule has 2 aliphatic heterocycles. The Morgan fingerprint density at radius 3 is 2.59 bits per heavy atom. The van der Waals surface area contributed by atoms with E-state index in [0.29, 0.717) is 39.4 Å². The highest BCUT2D eigenvalue weighted by Crippen LogP contribution is 2.33. The molecule has 2 saturated heterocycles. The smallest absolute Gasteiger partial charge is 0.248 e. The van der Waals surface area contributed by atoms with Crippen LogP contribution < -0.4 is 0 Å². The van der Waals surface area contributed by atoms with Gasteiger partial charge in [0, 0.05) is 26.1 Å². The van der Waals surface area contributed by atoms with Crippen molar-refractivity contribution in [2.24, 2.45) is 5.92 Å². The number of morpholine rings is 1. The van der Waals surface area contributed by atoms with Gasteiger partial charge in [0.15, 0.2) is 0 Å². The van der Waals surface area contributed by atoms with Crippen molar-refractivity contribution >= 4 is 11.8 Å². The standard InChI is InChI=1S/C15H24N2O5/c1-20-9-13(18)16-6-8-22-15(10-16)11-17(5-2-7-21-15)14(19)12-3-4-12/h12H,2-11H2,1H3. The summed E-state index contributed by atoms with van der Waals surface area (Å²) in [5, 5.41) is 0. The van der Waals surface area contributed by atoms with Gasteiger partial charge in [-0.3, -0.25) is 9.59 Å². The van der Waals surface area contributed by atoms with Crippen molar-refractivity contribution in [1.29, 1.82) is 0 Å². The molecule has 0 aromatic heterocycles. The van der Waals surface area contributed by atoms with Crippen molar-refractivity contribution in [1.82, 2.24) is 9.80 Å². The average molecular weight is 312 g/mol. The first kappa shape index (κ1) is 15.7. The van der Waals surface area contributed by atoms with E-state index in [4.69, 9.17) is 14.2 Å². The molecule has 7 heteroatoms. The van der Waals surface area contributed by atoms with Crippen LogP contribution in [0.4, 0.5) is 0 Å². The number of nitrogens with zero attached hydrogens (tertiary/aromatic N) is 2. The van der Waals surface area contributed by atoms with E-state index in [1.54, 1.807) is 4.90 Å². The van der Waals surface area contributed by atoms with Gasteiger partial charge in [0.1, 0.15) is 6.61 Å². The van der Waals surface area contributed by atoms with E-state index in [2.05, 4.69) is 0 Å². The van der Waals surface area contributed by atoms with Gasteiger partial charge in [0.05, 0.1) is 26.3 Å². The molecule has 0 bridgehead atoms. The molecule has 0 radical (unpaired) electrons. The largest absolute Gasteiger partial charge is 0.375 e. The van der Waals surface area contributed by atoms with Crippen LogP contribution in [0.3, 0.4) is 0 Å². The number of carbonyl (C=O) groups is 2. The fraction of sp³-hybridized carbons (Fsp3) is 0.867. The van der Waals surface area contributed by atoms with Gasteiger partial charge in [-0.2, -0.15) is 0 Å². The van der Waals surface area contributed by atoms with E-state index in [-0.39, 0.29) is 24.3 Å². The van der Waals surface area contributed by atoms with Gasteiger partial charge in [-0.1, -0.05) is 0 Å². The highest BCUT2D eigenvalue weighted by molar-refractivity contribution is 5.81. The minimum absolute atomic E-state index is 0.0563. The number of carbonyl (C=O) groups excluding carboxylic acids is 2. The zero-order valence-corrected chi connectivity index (χ0v) is 13.1. The van der Waals surface area contributed by atoms with E-state index in [9.17, 15) is 9.59 Å². The van der Waals surface area contributed by atoms with Gasteiger partial charge in [-0.25, -0.2) is 0 Å². The summed E-state index contributed by atoms with van der Waals surface area (Å²) in [4.78, 5) is 28.0. The highest BCUT2D eigenvalue weighted by Gasteiger charge is 2.45. The number of hydrogen-bond donors (Lipinski definition) is 0. The molecule has 1 saturated carbocycles. The van der Waals surface area contributed by atoms with Gasteiger partial charge in [0.25, 0.3) is 0 Å². The predicted octanol–water partition coefficient (Wildman–Crippen LogP) is -0.153. The van der Waals surface area contributed by atoms with Crippen LogP contribution in [0.5, 0.6) is 0 Å². The van der Waals surface area contributed by atoms with Crippen molar-refractivity contribution in [2.45, 2.75) is 25.0 Å². The molecule has 3 aliphatic rings. The third kappa shape index (κ3) is 3.42. The number of amides is 2. The van der Waals surface area contributed by atoms with E-state index in [1.165, 1.54) is 7.11 Å². The van der Waals surface area contributed by atoms with E-state index in [0.717, 1.165) is 19.3 Å². The normalized spacial score (nSPS) is 29.5. The van der Waals surface area contributed by atoms with Crippen molar-refractivity contribution in [3.05, 3.63) is 0 Å². The summed E-state index contributed by atoms with van der Waals surface area (Å²) >= 11 is 0. The molecule has 1 atom stereocenters. The summed E-state index contributed by atoms with van der Waals surface area (Å²) in [5.74, 6) is -0.570. The van der Waals surface area contributed by atoms with E-state index >= 15 is 0 Å². The Balaban J connectivity index is 1.69. The summed E-state index contributed by atoms with van der Waals surface area (Å²) in [6.45, 7) is 3.00. The number of hydrogen-bond acceptors (Lipinski definition) is 5. The zero-order chi connectivity index (χ0) is 15.6. The molecule has 1 aliphatic carbocycles. The third-order valence-electron chi connectivity index (χ3n) is 4.39. The summed E-state index contributed by atoms with van der Waals surface area (Å²) in [7, 11) is 1.51. The molecule has 1 spiro atoms. The first-order valence-electron chi connectivity index (χ1n) is 7.97. The van der Waals surface area contributed by atoms with Crippen LogP contribution in [0.25, 0.3) is 0 Å². The molecular weight excluding hydrogens is 288 g/mol. The van der Waals surface area contributed by atoms with Crippen molar-refractivity contribution in [2.75, 3.05) is 53.1 Å². The van der Waals surface area contributed by atoms with Gasteiger partial charge in [-0.15, -0.1) is 0 Å². The number of methoxy groups -OCH3 is 1. The lowest BCUT2D eigenvalue weighted by atomic mass is 10.1. The Hall–Kier alpha value is -1.18. The second-order valence-electron chi connectivity index (χ2n) is 6.24. The molecule has 2 amide bonds. The zero-order valence-electron chi connectivity index (χ0n) is 13.1. The maximum Gasteiger partial charge on any atom is 0.248 e. The fourth-order valence-corrected chi connectivity index (χ4v) is 3.07. The summed E-state index contributed by atoms with van der Waals surface area (Å²) in [5.41, 5.74) is 0. The van der Waals surface area contributed by atoms with Crippen molar-refractivity contribution in [3.8, 4) is 0 Å². The Labute approximate surface area is 130 Å². The average Bonchev–Trinajstić information content (AvgIpc) is 3.35. The Morgan fingerprint density at radius 2 is 1.86 bits per heavy atom. The minimum atomic E-state index is -0.886. The molecule has 124 valence electrons. The summed E-state index contributed by atoms with van der Waals surface area (Å²) < 4.78 is 16.7. The third-order valence-corrected chi connectivity index (χ3v) is 4.39. The van der Waals surface area contributed by atoms with Gasteiger partial charge in [0.2, 0.25) is 17.6 Å². The van der Waals surface area contributed by atoms with E-state index < -0.39 is 5.79 Å². The number of ether oxygens (including phenoxy) is 3. The van der Waals surface area contributed by atoms with Crippen LogP contribution in [0.1, 0.15) is 19.3 Å². The molecule has 1 unspecified atom stereocenters. The maximum atomic E-state index is 12.4. The molecule has 0 aromatic rings. The van der Waals surface area contributed by atoms with Crippen molar-refractivity contribution < 1.29 is 23.8 Å². The lowest BCUT2D eigenvalue weighted by Gasteiger charge is -2.43. The Kier molecular flexibility index (Phi) is 4.65. The molecule has 3 fully saturated rings. The molecule has 0 aromatic carbocycles. The van der Waals surface area contributed by atoms with Crippen LogP contribution in [0, 0.1) is 5.92 Å². The second kappa shape index (κ2) is 6.52. The fourth-order valence-electron chi connectivity index (χ4n) is 3.07. The SMILES string of the molecule is COCC(=O)N1CCOC2(C1)CN(C(=O)C1CC1)CCCO2.